The first-order valence-corrected chi connectivity index (χ1v) is 10.9. The number of rotatable bonds is 3. The summed E-state index contributed by atoms with van der Waals surface area (Å²) in [5.74, 6) is 0.636. The Kier molecular flexibility index (Phi) is 5.72. The van der Waals surface area contributed by atoms with E-state index < -0.39 is 5.37 Å². The SMILES string of the molecule is Cc1ccc([C@@H]2[C@H](c3ccc(C)cc3)N=C(c3cc(C)c(C)cc3C)N2C(=O)Cl)cc1. The van der Waals surface area contributed by atoms with Crippen LogP contribution in [0, 0.1) is 34.6 Å². The molecule has 1 aliphatic rings. The molecule has 3 aromatic carbocycles. The summed E-state index contributed by atoms with van der Waals surface area (Å²) < 4.78 is 0. The van der Waals surface area contributed by atoms with Crippen molar-refractivity contribution >= 4 is 22.8 Å². The van der Waals surface area contributed by atoms with Crippen LogP contribution in [0.2, 0.25) is 0 Å². The number of hydrogen-bond acceptors (Lipinski definition) is 2. The Hall–Kier alpha value is -2.91. The van der Waals surface area contributed by atoms with Crippen LogP contribution in [0.3, 0.4) is 0 Å². The first kappa shape index (κ1) is 21.3. The molecule has 0 saturated heterocycles. The molecular weight excluding hydrogens is 404 g/mol. The summed E-state index contributed by atoms with van der Waals surface area (Å²) in [6.07, 6.45) is 0. The molecule has 0 radical (unpaired) electrons. The standard InChI is InChI=1S/C27H27ClN2O/c1-16-6-10-21(11-7-16)24-25(22-12-8-17(2)9-13-22)30(27(28)31)26(29-24)23-15-19(4)18(3)14-20(23)5/h6-15,24-25H,1-5H3/t24-,25+/m0/s1. The molecule has 158 valence electrons. The molecule has 31 heavy (non-hydrogen) atoms. The fourth-order valence-electron chi connectivity index (χ4n) is 4.25. The minimum Gasteiger partial charge on any atom is -0.273 e. The van der Waals surface area contributed by atoms with Crippen LogP contribution in [0.25, 0.3) is 0 Å². The first-order valence-electron chi connectivity index (χ1n) is 10.5. The molecule has 0 saturated carbocycles. The highest BCUT2D eigenvalue weighted by Gasteiger charge is 2.42. The number of carbonyl (C=O) groups excluding carboxylic acids is 1. The van der Waals surface area contributed by atoms with Gasteiger partial charge in [-0.1, -0.05) is 65.7 Å². The van der Waals surface area contributed by atoms with Gasteiger partial charge in [0, 0.05) is 5.56 Å². The zero-order valence-corrected chi connectivity index (χ0v) is 19.4. The molecule has 0 bridgehead atoms. The van der Waals surface area contributed by atoms with Crippen LogP contribution < -0.4 is 0 Å². The Balaban J connectivity index is 1.92. The van der Waals surface area contributed by atoms with Gasteiger partial charge in [-0.3, -0.25) is 14.7 Å². The number of carbonyl (C=O) groups is 1. The molecule has 0 fully saturated rings. The van der Waals surface area contributed by atoms with E-state index in [1.165, 1.54) is 16.7 Å². The molecule has 1 amide bonds. The van der Waals surface area contributed by atoms with Crippen LogP contribution >= 0.6 is 11.6 Å². The molecule has 4 rings (SSSR count). The second-order valence-electron chi connectivity index (χ2n) is 8.54. The fourth-order valence-corrected chi connectivity index (χ4v) is 4.43. The smallest absolute Gasteiger partial charge is 0.273 e. The Morgan fingerprint density at radius 1 is 0.774 bits per heavy atom. The summed E-state index contributed by atoms with van der Waals surface area (Å²) in [5.41, 5.74) is 8.85. The lowest BCUT2D eigenvalue weighted by atomic mass is 9.93. The van der Waals surface area contributed by atoms with Gasteiger partial charge in [0.25, 0.3) is 0 Å². The number of benzene rings is 3. The van der Waals surface area contributed by atoms with Gasteiger partial charge < -0.3 is 0 Å². The van der Waals surface area contributed by atoms with Crippen LogP contribution in [0.4, 0.5) is 4.79 Å². The van der Waals surface area contributed by atoms with Crippen molar-refractivity contribution in [1.82, 2.24) is 4.90 Å². The predicted molar refractivity (Wildman–Crippen MR) is 128 cm³/mol. The van der Waals surface area contributed by atoms with Crippen molar-refractivity contribution in [3.8, 4) is 0 Å². The van der Waals surface area contributed by atoms with Gasteiger partial charge in [-0.25, -0.2) is 0 Å². The van der Waals surface area contributed by atoms with E-state index in [0.29, 0.717) is 5.84 Å². The van der Waals surface area contributed by atoms with Crippen LogP contribution in [0.5, 0.6) is 0 Å². The highest BCUT2D eigenvalue weighted by molar-refractivity contribution is 6.64. The molecule has 0 aliphatic carbocycles. The van der Waals surface area contributed by atoms with E-state index in [9.17, 15) is 4.79 Å². The van der Waals surface area contributed by atoms with E-state index in [2.05, 4.69) is 95.3 Å². The molecule has 1 aliphatic heterocycles. The van der Waals surface area contributed by atoms with Gasteiger partial charge in [-0.05, 0) is 80.1 Å². The number of amides is 1. The Morgan fingerprint density at radius 3 is 1.84 bits per heavy atom. The maximum absolute atomic E-state index is 12.8. The molecule has 4 heteroatoms. The number of halogens is 1. The van der Waals surface area contributed by atoms with Crippen LogP contribution in [0.15, 0.2) is 65.7 Å². The van der Waals surface area contributed by atoms with E-state index in [0.717, 1.165) is 27.8 Å². The van der Waals surface area contributed by atoms with Crippen molar-refractivity contribution in [2.45, 2.75) is 46.7 Å². The fraction of sp³-hybridized carbons (Fsp3) is 0.259. The third-order valence-electron chi connectivity index (χ3n) is 6.18. The third kappa shape index (κ3) is 4.03. The van der Waals surface area contributed by atoms with Crippen LogP contribution in [0.1, 0.15) is 56.6 Å². The minimum absolute atomic E-state index is 0.234. The summed E-state index contributed by atoms with van der Waals surface area (Å²) in [6, 6.07) is 20.4. The monoisotopic (exact) mass is 430 g/mol. The van der Waals surface area contributed by atoms with Gasteiger partial charge in [-0.15, -0.1) is 0 Å². The van der Waals surface area contributed by atoms with Crippen molar-refractivity contribution in [2.24, 2.45) is 4.99 Å². The van der Waals surface area contributed by atoms with Gasteiger partial charge in [0.15, 0.2) is 0 Å². The summed E-state index contributed by atoms with van der Waals surface area (Å²) >= 11 is 6.21. The Labute approximate surface area is 189 Å². The lowest BCUT2D eigenvalue weighted by Gasteiger charge is -2.28. The molecule has 0 unspecified atom stereocenters. The largest absolute Gasteiger partial charge is 0.322 e. The molecule has 2 atom stereocenters. The number of aliphatic imine (C=N–C) groups is 1. The topological polar surface area (TPSA) is 32.7 Å². The van der Waals surface area contributed by atoms with E-state index in [4.69, 9.17) is 16.6 Å². The predicted octanol–water partition coefficient (Wildman–Crippen LogP) is 7.13. The van der Waals surface area contributed by atoms with Crippen LogP contribution in [-0.4, -0.2) is 16.1 Å². The van der Waals surface area contributed by atoms with Gasteiger partial charge in [0.1, 0.15) is 11.9 Å². The van der Waals surface area contributed by atoms with E-state index in [-0.39, 0.29) is 12.1 Å². The first-order chi connectivity index (χ1) is 14.8. The normalized spacial score (nSPS) is 18.3. The third-order valence-corrected chi connectivity index (χ3v) is 6.36. The molecule has 0 spiro atoms. The number of aryl methyl sites for hydroxylation is 5. The van der Waals surface area contributed by atoms with Crippen molar-refractivity contribution in [1.29, 1.82) is 0 Å². The maximum Gasteiger partial charge on any atom is 0.322 e. The van der Waals surface area contributed by atoms with Crippen molar-refractivity contribution in [2.75, 3.05) is 0 Å². The van der Waals surface area contributed by atoms with Crippen molar-refractivity contribution < 1.29 is 4.79 Å². The summed E-state index contributed by atoms with van der Waals surface area (Å²) in [4.78, 5) is 19.6. The molecule has 3 aromatic rings. The zero-order chi connectivity index (χ0) is 22.3. The zero-order valence-electron chi connectivity index (χ0n) is 18.6. The Bertz CT molecular complexity index is 1160. The van der Waals surface area contributed by atoms with E-state index >= 15 is 0 Å². The maximum atomic E-state index is 12.8. The van der Waals surface area contributed by atoms with E-state index in [1.54, 1.807) is 4.90 Å². The molecule has 0 N–H and O–H groups in total. The van der Waals surface area contributed by atoms with E-state index in [1.807, 2.05) is 0 Å². The lowest BCUT2D eigenvalue weighted by molar-refractivity contribution is 0.231. The highest BCUT2D eigenvalue weighted by atomic mass is 35.5. The Morgan fingerprint density at radius 2 is 1.29 bits per heavy atom. The molecule has 3 nitrogen and oxygen atoms in total. The van der Waals surface area contributed by atoms with Crippen LogP contribution in [-0.2, 0) is 0 Å². The summed E-state index contributed by atoms with van der Waals surface area (Å²) in [6.45, 7) is 10.4. The average molecular weight is 431 g/mol. The average Bonchev–Trinajstić information content (AvgIpc) is 3.12. The summed E-state index contributed by atoms with van der Waals surface area (Å²) in [7, 11) is 0. The molecule has 0 aromatic heterocycles. The second-order valence-corrected chi connectivity index (χ2v) is 8.86. The molecule has 1 heterocycles. The van der Waals surface area contributed by atoms with Gasteiger partial charge in [-0.2, -0.15) is 0 Å². The minimum atomic E-state index is -0.517. The number of hydrogen-bond donors (Lipinski definition) is 0. The quantitative estimate of drug-likeness (QED) is 0.321. The highest BCUT2D eigenvalue weighted by Crippen LogP contribution is 2.44. The molecular formula is C27H27ClN2O. The van der Waals surface area contributed by atoms with Crippen molar-refractivity contribution in [3.05, 3.63) is 105 Å². The lowest BCUT2D eigenvalue weighted by Crippen LogP contribution is -2.34. The van der Waals surface area contributed by atoms with Crippen molar-refractivity contribution in [3.63, 3.8) is 0 Å². The number of amidine groups is 1. The van der Waals surface area contributed by atoms with Gasteiger partial charge in [0.2, 0.25) is 0 Å². The van der Waals surface area contributed by atoms with Gasteiger partial charge >= 0.3 is 5.37 Å². The second kappa shape index (κ2) is 8.32. The van der Waals surface area contributed by atoms with Gasteiger partial charge in [0.05, 0.1) is 6.04 Å². The number of nitrogens with zero attached hydrogens (tertiary/aromatic N) is 2. The summed E-state index contributed by atoms with van der Waals surface area (Å²) in [5, 5.41) is -0.517.